The monoisotopic (exact) mass is 302 g/mol. The van der Waals surface area contributed by atoms with Crippen molar-refractivity contribution in [2.24, 2.45) is 5.92 Å². The lowest BCUT2D eigenvalue weighted by molar-refractivity contribution is -0.384. The number of nitro groups is 1. The summed E-state index contributed by atoms with van der Waals surface area (Å²) in [5.41, 5.74) is -0.100. The third-order valence-corrected chi connectivity index (χ3v) is 2.80. The van der Waals surface area contributed by atoms with Gasteiger partial charge in [0.2, 0.25) is 0 Å². The van der Waals surface area contributed by atoms with E-state index in [4.69, 9.17) is 16.3 Å². The van der Waals surface area contributed by atoms with Gasteiger partial charge in [0, 0.05) is 12.6 Å². The van der Waals surface area contributed by atoms with Crippen molar-refractivity contribution < 1.29 is 14.8 Å². The highest BCUT2D eigenvalue weighted by atomic mass is 35.5. The molecule has 0 aliphatic heterocycles. The number of ether oxygens (including phenoxy) is 1. The fraction of sp³-hybridized carbons (Fsp3) is 0.538. The lowest BCUT2D eigenvalue weighted by Crippen LogP contribution is -2.33. The van der Waals surface area contributed by atoms with Crippen LogP contribution in [0.4, 0.5) is 5.69 Å². The van der Waals surface area contributed by atoms with E-state index in [0.29, 0.717) is 12.5 Å². The van der Waals surface area contributed by atoms with E-state index in [1.165, 1.54) is 18.2 Å². The van der Waals surface area contributed by atoms with Gasteiger partial charge in [-0.15, -0.1) is 0 Å². The summed E-state index contributed by atoms with van der Waals surface area (Å²) in [5, 5.41) is 23.8. The van der Waals surface area contributed by atoms with Gasteiger partial charge in [-0.2, -0.15) is 0 Å². The maximum Gasteiger partial charge on any atom is 0.273 e. The van der Waals surface area contributed by atoms with Crippen molar-refractivity contribution in [1.29, 1.82) is 0 Å². The standard InChI is InChI=1S/C13H19ClN2O4/c1-9(2)6-15-7-11(17)8-20-13-5-10(16(18)19)3-4-12(13)14/h3-5,9,11,15,17H,6-8H2,1-2H3. The third kappa shape index (κ3) is 5.73. The topological polar surface area (TPSA) is 84.6 Å². The van der Waals surface area contributed by atoms with Gasteiger partial charge in [0.05, 0.1) is 16.0 Å². The van der Waals surface area contributed by atoms with Gasteiger partial charge in [0.1, 0.15) is 18.5 Å². The van der Waals surface area contributed by atoms with Crippen LogP contribution in [-0.2, 0) is 0 Å². The van der Waals surface area contributed by atoms with Crippen molar-refractivity contribution in [3.8, 4) is 5.75 Å². The smallest absolute Gasteiger partial charge is 0.273 e. The molecule has 1 aromatic carbocycles. The zero-order chi connectivity index (χ0) is 15.1. The van der Waals surface area contributed by atoms with Crippen LogP contribution in [0.5, 0.6) is 5.75 Å². The maximum absolute atomic E-state index is 10.7. The van der Waals surface area contributed by atoms with Gasteiger partial charge in [0.25, 0.3) is 5.69 Å². The van der Waals surface area contributed by atoms with Crippen LogP contribution in [0, 0.1) is 16.0 Å². The van der Waals surface area contributed by atoms with Crippen molar-refractivity contribution in [1.82, 2.24) is 5.32 Å². The van der Waals surface area contributed by atoms with Crippen LogP contribution >= 0.6 is 11.6 Å². The molecular weight excluding hydrogens is 284 g/mol. The molecule has 0 saturated carbocycles. The molecule has 1 unspecified atom stereocenters. The Morgan fingerprint density at radius 2 is 2.15 bits per heavy atom. The molecule has 1 aromatic rings. The van der Waals surface area contributed by atoms with Crippen LogP contribution in [0.1, 0.15) is 13.8 Å². The van der Waals surface area contributed by atoms with Crippen LogP contribution < -0.4 is 10.1 Å². The fourth-order valence-corrected chi connectivity index (χ4v) is 1.67. The largest absolute Gasteiger partial charge is 0.489 e. The second-order valence-corrected chi connectivity index (χ2v) is 5.30. The Labute approximate surface area is 122 Å². The van der Waals surface area contributed by atoms with Crippen LogP contribution in [-0.4, -0.2) is 35.8 Å². The first kappa shape index (κ1) is 16.7. The lowest BCUT2D eigenvalue weighted by atomic mass is 10.2. The number of rotatable bonds is 8. The number of hydrogen-bond donors (Lipinski definition) is 2. The molecule has 112 valence electrons. The number of halogens is 1. The molecule has 0 aromatic heterocycles. The van der Waals surface area contributed by atoms with Gasteiger partial charge in [0.15, 0.2) is 0 Å². The summed E-state index contributed by atoms with van der Waals surface area (Å²) in [5.74, 6) is 0.693. The zero-order valence-electron chi connectivity index (χ0n) is 11.5. The van der Waals surface area contributed by atoms with Gasteiger partial charge >= 0.3 is 0 Å². The molecule has 1 rings (SSSR count). The Balaban J connectivity index is 2.48. The number of non-ortho nitro benzene ring substituents is 1. The number of benzene rings is 1. The molecule has 20 heavy (non-hydrogen) atoms. The summed E-state index contributed by atoms with van der Waals surface area (Å²) in [4.78, 5) is 10.1. The van der Waals surface area contributed by atoms with Crippen LogP contribution in [0.15, 0.2) is 18.2 Å². The van der Waals surface area contributed by atoms with Crippen molar-refractivity contribution in [3.63, 3.8) is 0 Å². The van der Waals surface area contributed by atoms with Crippen LogP contribution in [0.3, 0.4) is 0 Å². The average molecular weight is 303 g/mol. The van der Waals surface area contributed by atoms with E-state index in [-0.39, 0.29) is 23.1 Å². The molecule has 2 N–H and O–H groups in total. The molecule has 7 heteroatoms. The second kappa shape index (κ2) is 8.04. The van der Waals surface area contributed by atoms with Gasteiger partial charge in [-0.1, -0.05) is 25.4 Å². The summed E-state index contributed by atoms with van der Waals surface area (Å²) in [6.07, 6.45) is -0.705. The molecule has 0 saturated heterocycles. The quantitative estimate of drug-likeness (QED) is 0.568. The summed E-state index contributed by atoms with van der Waals surface area (Å²) in [7, 11) is 0. The summed E-state index contributed by atoms with van der Waals surface area (Å²) in [6, 6.07) is 3.95. The Morgan fingerprint density at radius 3 is 2.75 bits per heavy atom. The van der Waals surface area contributed by atoms with Gasteiger partial charge in [-0.3, -0.25) is 10.1 Å². The molecule has 0 fully saturated rings. The minimum Gasteiger partial charge on any atom is -0.489 e. The average Bonchev–Trinajstić information content (AvgIpc) is 2.37. The first-order chi connectivity index (χ1) is 9.40. The predicted molar refractivity (Wildman–Crippen MR) is 77.3 cm³/mol. The number of hydrogen-bond acceptors (Lipinski definition) is 5. The Kier molecular flexibility index (Phi) is 6.70. The maximum atomic E-state index is 10.7. The fourth-order valence-electron chi connectivity index (χ4n) is 1.50. The minimum absolute atomic E-state index is 0.0198. The van der Waals surface area contributed by atoms with E-state index in [1.54, 1.807) is 0 Å². The number of nitrogens with one attached hydrogen (secondary N) is 1. The van der Waals surface area contributed by atoms with Crippen LogP contribution in [0.25, 0.3) is 0 Å². The molecular formula is C13H19ClN2O4. The van der Waals surface area contributed by atoms with E-state index >= 15 is 0 Å². The van der Waals surface area contributed by atoms with E-state index in [0.717, 1.165) is 6.54 Å². The first-order valence-corrected chi connectivity index (χ1v) is 6.73. The second-order valence-electron chi connectivity index (χ2n) is 4.89. The number of nitro benzene ring substituents is 1. The molecule has 0 aliphatic rings. The summed E-state index contributed by atoms with van der Waals surface area (Å²) >= 11 is 5.89. The third-order valence-electron chi connectivity index (χ3n) is 2.49. The van der Waals surface area contributed by atoms with Crippen LogP contribution in [0.2, 0.25) is 5.02 Å². The van der Waals surface area contributed by atoms with Crippen molar-refractivity contribution in [3.05, 3.63) is 33.3 Å². The molecule has 0 heterocycles. The first-order valence-electron chi connectivity index (χ1n) is 6.35. The highest BCUT2D eigenvalue weighted by Gasteiger charge is 2.12. The van der Waals surface area contributed by atoms with Gasteiger partial charge in [-0.05, 0) is 18.5 Å². The number of aliphatic hydroxyl groups excluding tert-OH is 1. The predicted octanol–water partition coefficient (Wildman–Crippen LogP) is 2.23. The molecule has 0 radical (unpaired) electrons. The molecule has 0 amide bonds. The molecule has 0 aliphatic carbocycles. The summed E-state index contributed by atoms with van der Waals surface area (Å²) < 4.78 is 5.32. The Morgan fingerprint density at radius 1 is 1.45 bits per heavy atom. The van der Waals surface area contributed by atoms with Crippen molar-refractivity contribution >= 4 is 17.3 Å². The lowest BCUT2D eigenvalue weighted by Gasteiger charge is -2.14. The minimum atomic E-state index is -0.705. The molecule has 1 atom stereocenters. The summed E-state index contributed by atoms with van der Waals surface area (Å²) in [6.45, 7) is 5.35. The number of nitrogens with zero attached hydrogens (tertiary/aromatic N) is 1. The highest BCUT2D eigenvalue weighted by molar-refractivity contribution is 6.32. The Hall–Kier alpha value is -1.37. The van der Waals surface area contributed by atoms with Crippen molar-refractivity contribution in [2.45, 2.75) is 20.0 Å². The van der Waals surface area contributed by atoms with E-state index in [9.17, 15) is 15.2 Å². The molecule has 0 spiro atoms. The van der Waals surface area contributed by atoms with Gasteiger partial charge < -0.3 is 15.2 Å². The SMILES string of the molecule is CC(C)CNCC(O)COc1cc([N+](=O)[O-])ccc1Cl. The molecule has 0 bridgehead atoms. The van der Waals surface area contributed by atoms with E-state index in [2.05, 4.69) is 19.2 Å². The Bertz CT molecular complexity index is 454. The molecule has 6 nitrogen and oxygen atoms in total. The normalized spacial score (nSPS) is 12.4. The highest BCUT2D eigenvalue weighted by Crippen LogP contribution is 2.28. The van der Waals surface area contributed by atoms with Gasteiger partial charge in [-0.25, -0.2) is 0 Å². The number of aliphatic hydroxyl groups is 1. The van der Waals surface area contributed by atoms with E-state index < -0.39 is 11.0 Å². The zero-order valence-corrected chi connectivity index (χ0v) is 12.3. The van der Waals surface area contributed by atoms with E-state index in [1.807, 2.05) is 0 Å². The van der Waals surface area contributed by atoms with Crippen molar-refractivity contribution in [2.75, 3.05) is 19.7 Å².